The van der Waals surface area contributed by atoms with Crippen molar-refractivity contribution >= 4 is 11.9 Å². The summed E-state index contributed by atoms with van der Waals surface area (Å²) in [5.41, 5.74) is -0.523. The Morgan fingerprint density at radius 3 is 1.94 bits per heavy atom. The average Bonchev–Trinajstić information content (AvgIpc) is 2.24. The summed E-state index contributed by atoms with van der Waals surface area (Å²) in [6, 6.07) is 0. The summed E-state index contributed by atoms with van der Waals surface area (Å²) < 4.78 is 35.8. The number of hydrogen-bond acceptors (Lipinski definition) is 4. The predicted octanol–water partition coefficient (Wildman–Crippen LogP) is 2.59. The minimum absolute atomic E-state index is 0.0275. The Morgan fingerprint density at radius 1 is 1.06 bits per heavy atom. The van der Waals surface area contributed by atoms with E-state index in [0.717, 1.165) is 6.92 Å². The fraction of sp³-hybridized carbons (Fsp3) is 0.200. The Balaban J connectivity index is 4.49. The van der Waals surface area contributed by atoms with Crippen molar-refractivity contribution in [1.82, 2.24) is 0 Å². The maximum Gasteiger partial charge on any atom is 0.382 e. The van der Waals surface area contributed by atoms with E-state index in [1.807, 2.05) is 0 Å². The van der Waals surface area contributed by atoms with Crippen LogP contribution in [0.2, 0.25) is 0 Å². The molecule has 94 valence electrons. The Hall–Kier alpha value is -2.05. The molecule has 0 N–H and O–H groups in total. The van der Waals surface area contributed by atoms with E-state index in [-0.39, 0.29) is 11.6 Å². The fourth-order valence-corrected chi connectivity index (χ4v) is 0.516. The maximum atomic E-state index is 12.4. The van der Waals surface area contributed by atoms with Crippen molar-refractivity contribution in [3.05, 3.63) is 35.7 Å². The monoisotopic (exact) mass is 250 g/mol. The summed E-state index contributed by atoms with van der Waals surface area (Å²) in [7, 11) is 0. The molecule has 0 aromatic carbocycles. The van der Waals surface area contributed by atoms with Gasteiger partial charge < -0.3 is 0 Å². The Morgan fingerprint density at radius 2 is 1.53 bits per heavy atom. The van der Waals surface area contributed by atoms with Crippen LogP contribution in [0.15, 0.2) is 35.7 Å². The van der Waals surface area contributed by atoms with Crippen molar-refractivity contribution in [3.8, 4) is 0 Å². The van der Waals surface area contributed by atoms with Gasteiger partial charge in [0, 0.05) is 11.1 Å². The zero-order valence-electron chi connectivity index (χ0n) is 9.05. The molecule has 0 atom stereocenters. The van der Waals surface area contributed by atoms with Crippen LogP contribution in [0.4, 0.5) is 13.2 Å². The second kappa shape index (κ2) is 6.51. The van der Waals surface area contributed by atoms with Crippen molar-refractivity contribution in [3.63, 3.8) is 0 Å². The molecule has 0 fully saturated rings. The molecule has 7 heteroatoms. The van der Waals surface area contributed by atoms with E-state index in [1.54, 1.807) is 0 Å². The highest BCUT2D eigenvalue weighted by Crippen LogP contribution is 2.13. The van der Waals surface area contributed by atoms with Gasteiger partial charge in [-0.25, -0.2) is 23.8 Å². The van der Waals surface area contributed by atoms with Gasteiger partial charge >= 0.3 is 18.0 Å². The third-order valence-electron chi connectivity index (χ3n) is 1.39. The van der Waals surface area contributed by atoms with Crippen molar-refractivity contribution < 1.29 is 32.5 Å². The van der Waals surface area contributed by atoms with Crippen LogP contribution >= 0.6 is 0 Å². The van der Waals surface area contributed by atoms with Crippen LogP contribution in [0.25, 0.3) is 0 Å². The lowest BCUT2D eigenvalue weighted by molar-refractivity contribution is -0.252. The molecule has 4 nitrogen and oxygen atoms in total. The summed E-state index contributed by atoms with van der Waals surface area (Å²) in [6.07, 6.45) is -2.32. The first-order valence-electron chi connectivity index (χ1n) is 4.23. The minimum atomic E-state index is -2.57. The Kier molecular flexibility index (Phi) is 5.73. The molecule has 0 aromatic rings. The van der Waals surface area contributed by atoms with Gasteiger partial charge in [0.25, 0.3) is 0 Å². The zero-order chi connectivity index (χ0) is 13.6. The number of carbonyl (C=O) groups is 2. The molecule has 17 heavy (non-hydrogen) atoms. The van der Waals surface area contributed by atoms with Gasteiger partial charge in [0.15, 0.2) is 5.83 Å². The normalized spacial score (nSPS) is 10.5. The molecular formula is C10H9F3O4. The molecule has 0 unspecified atom stereocenters. The maximum absolute atomic E-state index is 12.4. The molecule has 0 amide bonds. The van der Waals surface area contributed by atoms with Gasteiger partial charge in [-0.2, -0.15) is 8.78 Å². The van der Waals surface area contributed by atoms with Crippen molar-refractivity contribution in [2.24, 2.45) is 0 Å². The molecule has 0 saturated carbocycles. The standard InChI is InChI=1S/C10H9F3O4/c1-5(2)9(14)16-17-10(15)6(3)4-7(11)8(12)13/h4H,1H2,2-3H3/b6-4+. The lowest BCUT2D eigenvalue weighted by Crippen LogP contribution is -2.12. The molecule has 0 rings (SSSR count). The summed E-state index contributed by atoms with van der Waals surface area (Å²) in [4.78, 5) is 29.7. The van der Waals surface area contributed by atoms with Crippen LogP contribution in [0.5, 0.6) is 0 Å². The predicted molar refractivity (Wildman–Crippen MR) is 51.1 cm³/mol. The van der Waals surface area contributed by atoms with Gasteiger partial charge in [-0.1, -0.05) is 6.58 Å². The molecule has 0 saturated heterocycles. The largest absolute Gasteiger partial charge is 0.382 e. The van der Waals surface area contributed by atoms with E-state index >= 15 is 0 Å². The van der Waals surface area contributed by atoms with Crippen LogP contribution in [0.1, 0.15) is 13.8 Å². The molecular weight excluding hydrogens is 241 g/mol. The molecule has 0 aromatic heterocycles. The zero-order valence-corrected chi connectivity index (χ0v) is 9.05. The Bertz CT molecular complexity index is 406. The van der Waals surface area contributed by atoms with E-state index < -0.39 is 29.4 Å². The van der Waals surface area contributed by atoms with Gasteiger partial charge in [-0.3, -0.25) is 0 Å². The van der Waals surface area contributed by atoms with Crippen LogP contribution < -0.4 is 0 Å². The van der Waals surface area contributed by atoms with Gasteiger partial charge in [0.05, 0.1) is 0 Å². The molecule has 0 aliphatic rings. The van der Waals surface area contributed by atoms with Crippen molar-refractivity contribution in [2.45, 2.75) is 13.8 Å². The highest BCUT2D eigenvalue weighted by Gasteiger charge is 2.13. The smallest absolute Gasteiger partial charge is 0.242 e. The topological polar surface area (TPSA) is 52.6 Å². The number of carbonyl (C=O) groups excluding carboxylic acids is 2. The van der Waals surface area contributed by atoms with Gasteiger partial charge in [0.2, 0.25) is 0 Å². The number of hydrogen-bond donors (Lipinski definition) is 0. The third kappa shape index (κ3) is 5.55. The summed E-state index contributed by atoms with van der Waals surface area (Å²) in [5, 5.41) is 0. The fourth-order valence-electron chi connectivity index (χ4n) is 0.516. The van der Waals surface area contributed by atoms with E-state index in [1.165, 1.54) is 6.92 Å². The lowest BCUT2D eigenvalue weighted by atomic mass is 10.3. The molecule has 0 bridgehead atoms. The minimum Gasteiger partial charge on any atom is -0.242 e. The van der Waals surface area contributed by atoms with Gasteiger partial charge in [0.1, 0.15) is 0 Å². The van der Waals surface area contributed by atoms with Gasteiger partial charge in [-0.05, 0) is 19.9 Å². The van der Waals surface area contributed by atoms with E-state index in [0.29, 0.717) is 0 Å². The lowest BCUT2D eigenvalue weighted by Gasteiger charge is -2.02. The molecule has 0 radical (unpaired) electrons. The van der Waals surface area contributed by atoms with Crippen molar-refractivity contribution in [1.29, 1.82) is 0 Å². The quantitative estimate of drug-likeness (QED) is 0.334. The first-order valence-corrected chi connectivity index (χ1v) is 4.23. The van der Waals surface area contributed by atoms with Crippen LogP contribution in [0, 0.1) is 0 Å². The van der Waals surface area contributed by atoms with Crippen LogP contribution in [-0.2, 0) is 19.4 Å². The SMILES string of the molecule is C=C(C)C(=O)OOC(=O)/C(C)=C/C(F)=C(F)F. The van der Waals surface area contributed by atoms with E-state index in [2.05, 4.69) is 16.4 Å². The Labute approximate surface area is 94.9 Å². The van der Waals surface area contributed by atoms with E-state index in [4.69, 9.17) is 0 Å². The molecule has 0 spiro atoms. The first kappa shape index (κ1) is 14.9. The first-order chi connectivity index (χ1) is 7.75. The molecule has 0 aliphatic heterocycles. The highest BCUT2D eigenvalue weighted by molar-refractivity contribution is 5.90. The van der Waals surface area contributed by atoms with Crippen LogP contribution in [0.3, 0.4) is 0 Å². The molecule has 0 heterocycles. The van der Waals surface area contributed by atoms with Crippen LogP contribution in [-0.4, -0.2) is 11.9 Å². The van der Waals surface area contributed by atoms with Gasteiger partial charge in [-0.15, -0.1) is 0 Å². The van der Waals surface area contributed by atoms with Crippen molar-refractivity contribution in [2.75, 3.05) is 0 Å². The second-order valence-corrected chi connectivity index (χ2v) is 2.96. The van der Waals surface area contributed by atoms with E-state index in [9.17, 15) is 22.8 Å². The number of allylic oxidation sites excluding steroid dienone is 2. The summed E-state index contributed by atoms with van der Waals surface area (Å²) in [6.45, 7) is 5.52. The average molecular weight is 250 g/mol. The number of halogens is 3. The highest BCUT2D eigenvalue weighted by atomic mass is 19.3. The number of rotatable bonds is 3. The third-order valence-corrected chi connectivity index (χ3v) is 1.39. The second-order valence-electron chi connectivity index (χ2n) is 2.96. The molecule has 0 aliphatic carbocycles. The summed E-state index contributed by atoms with van der Waals surface area (Å²) in [5.74, 6) is -4.14. The summed E-state index contributed by atoms with van der Waals surface area (Å²) >= 11 is 0.